The maximum Gasteiger partial charge on any atom is 0.317 e. The van der Waals surface area contributed by atoms with E-state index in [-0.39, 0.29) is 12.1 Å². The Hall–Kier alpha value is -0.900. The number of hydrogen-bond acceptors (Lipinski definition) is 3. The van der Waals surface area contributed by atoms with Crippen molar-refractivity contribution < 1.29 is 14.7 Å². The molecular formula is C11H17NO3. The van der Waals surface area contributed by atoms with Crippen LogP contribution in [0.25, 0.3) is 0 Å². The van der Waals surface area contributed by atoms with Crippen LogP contribution in [0.4, 0.5) is 0 Å². The number of aliphatic carboxylic acids is 1. The molecule has 1 spiro atoms. The summed E-state index contributed by atoms with van der Waals surface area (Å²) >= 11 is 0. The number of carbonyl (C=O) groups is 2. The van der Waals surface area contributed by atoms with E-state index in [1.165, 1.54) is 0 Å². The number of nitrogens with zero attached hydrogens (tertiary/aromatic N) is 1. The minimum atomic E-state index is -0.783. The van der Waals surface area contributed by atoms with Crippen LogP contribution in [0, 0.1) is 0 Å². The third-order valence-electron chi connectivity index (χ3n) is 3.69. The molecule has 84 valence electrons. The van der Waals surface area contributed by atoms with Gasteiger partial charge in [0.1, 0.15) is 5.78 Å². The smallest absolute Gasteiger partial charge is 0.317 e. The van der Waals surface area contributed by atoms with E-state index in [1.807, 2.05) is 4.90 Å². The molecule has 4 heteroatoms. The second kappa shape index (κ2) is 3.93. The molecule has 1 aliphatic heterocycles. The maximum atomic E-state index is 11.5. The SMILES string of the molecule is O=C(O)CN1CCCC12CCCC(=O)C2. The molecule has 2 aliphatic rings. The number of carbonyl (C=O) groups excluding carboxylic acids is 1. The largest absolute Gasteiger partial charge is 0.480 e. The van der Waals surface area contributed by atoms with Crippen molar-refractivity contribution in [1.82, 2.24) is 4.90 Å². The van der Waals surface area contributed by atoms with Crippen LogP contribution in [0.15, 0.2) is 0 Å². The van der Waals surface area contributed by atoms with Crippen molar-refractivity contribution in [3.8, 4) is 0 Å². The van der Waals surface area contributed by atoms with E-state index >= 15 is 0 Å². The molecule has 0 amide bonds. The Kier molecular flexibility index (Phi) is 2.78. The zero-order chi connectivity index (χ0) is 10.9. The fourth-order valence-corrected chi connectivity index (χ4v) is 3.05. The monoisotopic (exact) mass is 211 g/mol. The van der Waals surface area contributed by atoms with Crippen molar-refractivity contribution in [2.75, 3.05) is 13.1 Å². The lowest BCUT2D eigenvalue weighted by molar-refractivity contribution is -0.141. The topological polar surface area (TPSA) is 57.6 Å². The number of rotatable bonds is 2. The highest BCUT2D eigenvalue weighted by atomic mass is 16.4. The van der Waals surface area contributed by atoms with E-state index in [0.29, 0.717) is 18.6 Å². The van der Waals surface area contributed by atoms with Gasteiger partial charge in [-0.2, -0.15) is 0 Å². The Labute approximate surface area is 89.3 Å². The highest BCUT2D eigenvalue weighted by Gasteiger charge is 2.44. The van der Waals surface area contributed by atoms with E-state index in [0.717, 1.165) is 32.2 Å². The zero-order valence-corrected chi connectivity index (χ0v) is 8.87. The first-order valence-corrected chi connectivity index (χ1v) is 5.61. The standard InChI is InChI=1S/C11H17NO3/c13-9-3-1-4-11(7-9)5-2-6-12(11)8-10(14)15/h1-8H2,(H,14,15). The molecule has 1 N–H and O–H groups in total. The Morgan fingerprint density at radius 3 is 2.80 bits per heavy atom. The predicted molar refractivity (Wildman–Crippen MR) is 54.6 cm³/mol. The van der Waals surface area contributed by atoms with Gasteiger partial charge in [-0.3, -0.25) is 14.5 Å². The number of ketones is 1. The van der Waals surface area contributed by atoms with Crippen molar-refractivity contribution in [3.05, 3.63) is 0 Å². The first kappa shape index (κ1) is 10.6. The number of Topliss-reactive ketones (excluding diaryl/α,β-unsaturated/α-hetero) is 1. The molecular weight excluding hydrogens is 194 g/mol. The highest BCUT2D eigenvalue weighted by molar-refractivity contribution is 5.80. The van der Waals surface area contributed by atoms with E-state index in [2.05, 4.69) is 0 Å². The lowest BCUT2D eigenvalue weighted by atomic mass is 9.79. The molecule has 2 fully saturated rings. The molecule has 0 bridgehead atoms. The summed E-state index contributed by atoms with van der Waals surface area (Å²) in [4.78, 5) is 24.2. The lowest BCUT2D eigenvalue weighted by Gasteiger charge is -2.40. The van der Waals surface area contributed by atoms with Gasteiger partial charge in [-0.05, 0) is 32.2 Å². The third-order valence-corrected chi connectivity index (χ3v) is 3.69. The van der Waals surface area contributed by atoms with Crippen LogP contribution in [0.2, 0.25) is 0 Å². The summed E-state index contributed by atoms with van der Waals surface area (Å²) in [6.07, 6.45) is 5.19. The molecule has 2 rings (SSSR count). The van der Waals surface area contributed by atoms with Crippen LogP contribution in [-0.4, -0.2) is 40.4 Å². The zero-order valence-electron chi connectivity index (χ0n) is 8.87. The number of hydrogen-bond donors (Lipinski definition) is 1. The molecule has 1 unspecified atom stereocenters. The molecule has 4 nitrogen and oxygen atoms in total. The van der Waals surface area contributed by atoms with Gasteiger partial charge in [-0.25, -0.2) is 0 Å². The summed E-state index contributed by atoms with van der Waals surface area (Å²) in [7, 11) is 0. The van der Waals surface area contributed by atoms with Crippen LogP contribution in [0.5, 0.6) is 0 Å². The highest BCUT2D eigenvalue weighted by Crippen LogP contribution is 2.40. The first-order valence-electron chi connectivity index (χ1n) is 5.61. The van der Waals surface area contributed by atoms with Gasteiger partial charge in [0.2, 0.25) is 0 Å². The number of carboxylic acid groups (broad SMARTS) is 1. The Balaban J connectivity index is 2.10. The van der Waals surface area contributed by atoms with Crippen LogP contribution in [0.1, 0.15) is 38.5 Å². The van der Waals surface area contributed by atoms with Crippen LogP contribution < -0.4 is 0 Å². The van der Waals surface area contributed by atoms with Gasteiger partial charge in [0.25, 0.3) is 0 Å². The van der Waals surface area contributed by atoms with Crippen molar-refractivity contribution >= 4 is 11.8 Å². The Morgan fingerprint density at radius 1 is 1.40 bits per heavy atom. The number of likely N-dealkylation sites (tertiary alicyclic amines) is 1. The molecule has 1 saturated carbocycles. The summed E-state index contributed by atoms with van der Waals surface area (Å²) in [5.74, 6) is -0.479. The Morgan fingerprint density at radius 2 is 2.13 bits per heavy atom. The van der Waals surface area contributed by atoms with Gasteiger partial charge >= 0.3 is 5.97 Å². The molecule has 0 aromatic carbocycles. The van der Waals surface area contributed by atoms with Crippen molar-refractivity contribution in [3.63, 3.8) is 0 Å². The van der Waals surface area contributed by atoms with Gasteiger partial charge in [0, 0.05) is 18.4 Å². The van der Waals surface area contributed by atoms with E-state index in [1.54, 1.807) is 0 Å². The van der Waals surface area contributed by atoms with Crippen LogP contribution >= 0.6 is 0 Å². The van der Waals surface area contributed by atoms with E-state index < -0.39 is 5.97 Å². The van der Waals surface area contributed by atoms with Crippen molar-refractivity contribution in [2.45, 2.75) is 44.1 Å². The molecule has 0 aromatic rings. The summed E-state index contributed by atoms with van der Waals surface area (Å²) in [5.41, 5.74) is -0.103. The maximum absolute atomic E-state index is 11.5. The average Bonchev–Trinajstić information content (AvgIpc) is 2.48. The van der Waals surface area contributed by atoms with Crippen molar-refractivity contribution in [1.29, 1.82) is 0 Å². The quantitative estimate of drug-likeness (QED) is 0.741. The van der Waals surface area contributed by atoms with Gasteiger partial charge in [0.05, 0.1) is 6.54 Å². The van der Waals surface area contributed by atoms with Gasteiger partial charge in [-0.15, -0.1) is 0 Å². The van der Waals surface area contributed by atoms with Crippen LogP contribution in [0.3, 0.4) is 0 Å². The van der Waals surface area contributed by atoms with Gasteiger partial charge < -0.3 is 5.11 Å². The fraction of sp³-hybridized carbons (Fsp3) is 0.818. The first-order chi connectivity index (χ1) is 7.12. The van der Waals surface area contributed by atoms with Crippen LogP contribution in [-0.2, 0) is 9.59 Å². The molecule has 0 aromatic heterocycles. The van der Waals surface area contributed by atoms with Crippen molar-refractivity contribution in [2.24, 2.45) is 0 Å². The molecule has 15 heavy (non-hydrogen) atoms. The predicted octanol–water partition coefficient (Wildman–Crippen LogP) is 1.05. The second-order valence-electron chi connectivity index (χ2n) is 4.71. The Bertz CT molecular complexity index is 290. The van der Waals surface area contributed by atoms with E-state index in [9.17, 15) is 9.59 Å². The molecule has 1 aliphatic carbocycles. The van der Waals surface area contributed by atoms with Gasteiger partial charge in [-0.1, -0.05) is 0 Å². The summed E-state index contributed by atoms with van der Waals surface area (Å²) in [5, 5.41) is 8.83. The summed E-state index contributed by atoms with van der Waals surface area (Å²) < 4.78 is 0. The average molecular weight is 211 g/mol. The molecule has 1 heterocycles. The summed E-state index contributed by atoms with van der Waals surface area (Å²) in [6, 6.07) is 0. The third kappa shape index (κ3) is 2.04. The van der Waals surface area contributed by atoms with E-state index in [4.69, 9.17) is 5.11 Å². The normalized spacial score (nSPS) is 32.4. The minimum Gasteiger partial charge on any atom is -0.480 e. The fourth-order valence-electron chi connectivity index (χ4n) is 3.05. The second-order valence-corrected chi connectivity index (χ2v) is 4.71. The summed E-state index contributed by atoms with van der Waals surface area (Å²) in [6.45, 7) is 0.923. The lowest BCUT2D eigenvalue weighted by Crippen LogP contribution is -2.49. The molecule has 1 saturated heterocycles. The molecule has 0 radical (unpaired) electrons. The molecule has 1 atom stereocenters. The number of carboxylic acids is 1. The minimum absolute atomic E-state index is 0.0906. The van der Waals surface area contributed by atoms with Gasteiger partial charge in [0.15, 0.2) is 0 Å².